The number of rotatable bonds is 7. The second-order valence-electron chi connectivity index (χ2n) is 7.34. The Morgan fingerprint density at radius 3 is 2.42 bits per heavy atom. The Labute approximate surface area is 228 Å². The fourth-order valence-corrected chi connectivity index (χ4v) is 5.76. The first-order valence-electron chi connectivity index (χ1n) is 10.1. The van der Waals surface area contributed by atoms with Gasteiger partial charge in [-0.3, -0.25) is 4.79 Å². The Hall–Kier alpha value is -1.98. The molecule has 0 bridgehead atoms. The molecule has 0 atom stereocenters. The maximum Gasteiger partial charge on any atom is 0.244 e. The molecule has 0 aliphatic rings. The van der Waals surface area contributed by atoms with Crippen LogP contribution in [0.15, 0.2) is 88.4 Å². The molecule has 4 rings (SSSR count). The molecule has 0 spiro atoms. The summed E-state index contributed by atoms with van der Waals surface area (Å²) in [4.78, 5) is 12.1. The number of carbonyl (C=O) groups excluding carboxylic acids is 1. The predicted molar refractivity (Wildman–Crippen MR) is 154 cm³/mol. The molecule has 4 aromatic rings. The number of hydrogen-bond acceptors (Lipinski definition) is 3. The van der Waals surface area contributed by atoms with E-state index in [-0.39, 0.29) is 12.3 Å². The first-order chi connectivity index (χ1) is 16.0. The van der Waals surface area contributed by atoms with Crippen molar-refractivity contribution >= 4 is 84.0 Å². The van der Waals surface area contributed by atoms with Gasteiger partial charge >= 0.3 is 0 Å². The number of nitrogens with one attached hydrogen (secondary N) is 1. The third kappa shape index (κ3) is 6.54. The van der Waals surface area contributed by atoms with Gasteiger partial charge in [0.25, 0.3) is 0 Å². The van der Waals surface area contributed by atoms with Crippen molar-refractivity contribution in [1.82, 2.24) is 5.43 Å². The average Bonchev–Trinajstić information content (AvgIpc) is 2.80. The molecule has 1 N–H and O–H groups in total. The third-order valence-electron chi connectivity index (χ3n) is 4.95. The minimum absolute atomic E-state index is 0.159. The van der Waals surface area contributed by atoms with E-state index in [4.69, 9.17) is 4.74 Å². The molecule has 4 aromatic carbocycles. The Bertz CT molecular complexity index is 1300. The minimum Gasteiger partial charge on any atom is -0.487 e. The Morgan fingerprint density at radius 1 is 0.970 bits per heavy atom. The summed E-state index contributed by atoms with van der Waals surface area (Å²) in [7, 11) is 0. The topological polar surface area (TPSA) is 50.7 Å². The largest absolute Gasteiger partial charge is 0.487 e. The fourth-order valence-electron chi connectivity index (χ4n) is 3.37. The lowest BCUT2D eigenvalue weighted by atomic mass is 10.1. The number of nitrogens with zero attached hydrogens (tertiary/aromatic N) is 1. The first kappa shape index (κ1) is 24.2. The highest BCUT2D eigenvalue weighted by Crippen LogP contribution is 2.30. The number of hydrogen-bond donors (Lipinski definition) is 1. The molecule has 1 amide bonds. The molecule has 7 heteroatoms. The molecule has 166 valence electrons. The maximum atomic E-state index is 12.1. The summed E-state index contributed by atoms with van der Waals surface area (Å²) in [5, 5.41) is 6.52. The van der Waals surface area contributed by atoms with E-state index in [0.29, 0.717) is 6.61 Å². The van der Waals surface area contributed by atoms with E-state index in [0.717, 1.165) is 34.1 Å². The zero-order valence-corrected chi connectivity index (χ0v) is 23.3. The molecular weight excluding hydrogens is 706 g/mol. The standard InChI is InChI=1S/C26H19BrI2N2O2/c27-21-10-8-17(9-11-21)14-25(32)31-30-15-18-12-23(28)26(24(29)13-18)33-16-20-6-3-5-19-4-1-2-7-22(19)20/h1-13,15H,14,16H2,(H,31,32)/b30-15+. The van der Waals surface area contributed by atoms with Gasteiger partial charge in [0.1, 0.15) is 12.4 Å². The molecule has 0 saturated heterocycles. The van der Waals surface area contributed by atoms with Crippen LogP contribution >= 0.6 is 61.1 Å². The Balaban J connectivity index is 1.39. The van der Waals surface area contributed by atoms with Gasteiger partial charge in [0.05, 0.1) is 19.8 Å². The smallest absolute Gasteiger partial charge is 0.244 e. The third-order valence-corrected chi connectivity index (χ3v) is 7.08. The lowest BCUT2D eigenvalue weighted by Crippen LogP contribution is -2.19. The summed E-state index contributed by atoms with van der Waals surface area (Å²) in [5.74, 6) is 0.688. The van der Waals surface area contributed by atoms with Gasteiger partial charge in [-0.05, 0) is 96.9 Å². The van der Waals surface area contributed by atoms with Gasteiger partial charge in [-0.1, -0.05) is 70.5 Å². The summed E-state index contributed by atoms with van der Waals surface area (Å²) in [6, 6.07) is 26.2. The van der Waals surface area contributed by atoms with Crippen LogP contribution < -0.4 is 10.2 Å². The quantitative estimate of drug-likeness (QED) is 0.126. The summed E-state index contributed by atoms with van der Waals surface area (Å²) in [6.45, 7) is 0.493. The van der Waals surface area contributed by atoms with Gasteiger partial charge in [-0.15, -0.1) is 0 Å². The van der Waals surface area contributed by atoms with Crippen LogP contribution in [0, 0.1) is 7.14 Å². The van der Waals surface area contributed by atoms with Crippen molar-refractivity contribution in [2.75, 3.05) is 0 Å². The number of hydrazone groups is 1. The van der Waals surface area contributed by atoms with Gasteiger partial charge in [-0.25, -0.2) is 5.43 Å². The monoisotopic (exact) mass is 724 g/mol. The highest BCUT2D eigenvalue weighted by molar-refractivity contribution is 14.1. The first-order valence-corrected chi connectivity index (χ1v) is 13.1. The summed E-state index contributed by atoms with van der Waals surface area (Å²) >= 11 is 7.94. The summed E-state index contributed by atoms with van der Waals surface area (Å²) in [5.41, 5.74) is 5.57. The van der Waals surface area contributed by atoms with Crippen molar-refractivity contribution in [3.05, 3.63) is 107 Å². The number of ether oxygens (including phenoxy) is 1. The van der Waals surface area contributed by atoms with Gasteiger partial charge in [0.15, 0.2) is 0 Å². The summed E-state index contributed by atoms with van der Waals surface area (Å²) < 4.78 is 9.16. The number of halogens is 3. The van der Waals surface area contributed by atoms with Crippen LogP contribution in [0.2, 0.25) is 0 Å². The highest BCUT2D eigenvalue weighted by atomic mass is 127. The number of amides is 1. The molecule has 0 aromatic heterocycles. The van der Waals surface area contributed by atoms with E-state index in [9.17, 15) is 4.79 Å². The van der Waals surface area contributed by atoms with E-state index >= 15 is 0 Å². The van der Waals surface area contributed by atoms with E-state index in [1.54, 1.807) is 6.21 Å². The molecule has 0 fully saturated rings. The molecule has 0 radical (unpaired) electrons. The molecule has 0 heterocycles. The van der Waals surface area contributed by atoms with Crippen LogP contribution in [-0.4, -0.2) is 12.1 Å². The zero-order valence-electron chi connectivity index (χ0n) is 17.4. The highest BCUT2D eigenvalue weighted by Gasteiger charge is 2.10. The van der Waals surface area contributed by atoms with Crippen molar-refractivity contribution < 1.29 is 9.53 Å². The molecule has 33 heavy (non-hydrogen) atoms. The van der Waals surface area contributed by atoms with Crippen LogP contribution in [0.25, 0.3) is 10.8 Å². The fraction of sp³-hybridized carbons (Fsp3) is 0.0769. The maximum absolute atomic E-state index is 12.1. The molecule has 0 aliphatic heterocycles. The van der Waals surface area contributed by atoms with E-state index < -0.39 is 0 Å². The van der Waals surface area contributed by atoms with Crippen molar-refractivity contribution in [1.29, 1.82) is 0 Å². The summed E-state index contributed by atoms with van der Waals surface area (Å²) in [6.07, 6.45) is 1.93. The van der Waals surface area contributed by atoms with Crippen molar-refractivity contribution in [3.8, 4) is 5.75 Å². The van der Waals surface area contributed by atoms with E-state index in [2.05, 4.69) is 102 Å². The zero-order chi connectivity index (χ0) is 23.2. The van der Waals surface area contributed by atoms with Gasteiger partial charge < -0.3 is 4.74 Å². The lowest BCUT2D eigenvalue weighted by molar-refractivity contribution is -0.120. The Kier molecular flexibility index (Phi) is 8.37. The Morgan fingerprint density at radius 2 is 1.67 bits per heavy atom. The van der Waals surface area contributed by atoms with Crippen LogP contribution in [0.4, 0.5) is 0 Å². The second-order valence-corrected chi connectivity index (χ2v) is 10.6. The van der Waals surface area contributed by atoms with Crippen LogP contribution in [0.3, 0.4) is 0 Å². The van der Waals surface area contributed by atoms with Crippen molar-refractivity contribution in [3.63, 3.8) is 0 Å². The average molecular weight is 725 g/mol. The second kappa shape index (κ2) is 11.4. The lowest BCUT2D eigenvalue weighted by Gasteiger charge is -2.13. The van der Waals surface area contributed by atoms with Crippen molar-refractivity contribution in [2.45, 2.75) is 13.0 Å². The predicted octanol–water partition coefficient (Wildman–Crippen LogP) is 7.08. The normalized spacial score (nSPS) is 11.1. The molecule has 0 saturated carbocycles. The molecule has 0 aliphatic carbocycles. The molecule has 4 nitrogen and oxygen atoms in total. The van der Waals surface area contributed by atoms with E-state index in [1.807, 2.05) is 48.5 Å². The van der Waals surface area contributed by atoms with Gasteiger partial charge in [0.2, 0.25) is 5.91 Å². The number of fused-ring (bicyclic) bond motifs is 1. The molecular formula is C26H19BrI2N2O2. The van der Waals surface area contributed by atoms with Crippen LogP contribution in [0.5, 0.6) is 5.75 Å². The minimum atomic E-state index is -0.159. The van der Waals surface area contributed by atoms with Crippen LogP contribution in [-0.2, 0) is 17.8 Å². The number of carbonyl (C=O) groups is 1. The van der Waals surface area contributed by atoms with Crippen molar-refractivity contribution in [2.24, 2.45) is 5.10 Å². The van der Waals surface area contributed by atoms with Gasteiger partial charge in [-0.2, -0.15) is 5.10 Å². The van der Waals surface area contributed by atoms with Gasteiger partial charge in [0, 0.05) is 4.47 Å². The molecule has 0 unspecified atom stereocenters. The van der Waals surface area contributed by atoms with E-state index in [1.165, 1.54) is 10.8 Å². The number of benzene rings is 4. The SMILES string of the molecule is O=C(Cc1ccc(Br)cc1)N/N=C/c1cc(I)c(OCc2cccc3ccccc23)c(I)c1. The van der Waals surface area contributed by atoms with Crippen LogP contribution in [0.1, 0.15) is 16.7 Å².